The molecular formula is C13H16Cl2N2O. The molecular weight excluding hydrogens is 271 g/mol. The third-order valence-corrected chi connectivity index (χ3v) is 4.20. The lowest BCUT2D eigenvalue weighted by atomic mass is 9.67. The highest BCUT2D eigenvalue weighted by atomic mass is 35.5. The summed E-state index contributed by atoms with van der Waals surface area (Å²) in [6.45, 7) is 2.89. The Morgan fingerprint density at radius 2 is 2.00 bits per heavy atom. The monoisotopic (exact) mass is 286 g/mol. The summed E-state index contributed by atoms with van der Waals surface area (Å²) in [5.74, 6) is -0.138. The highest BCUT2D eigenvalue weighted by Crippen LogP contribution is 2.43. The minimum Gasteiger partial charge on any atom is -0.351 e. The first-order chi connectivity index (χ1) is 8.54. The Bertz CT molecular complexity index is 433. The molecule has 1 saturated carbocycles. The third-order valence-electron chi connectivity index (χ3n) is 3.81. The Kier molecular flexibility index (Phi) is 4.13. The summed E-state index contributed by atoms with van der Waals surface area (Å²) in [5.41, 5.74) is 0.765. The number of rotatable bonds is 4. The molecule has 1 aromatic heterocycles. The first-order valence-corrected chi connectivity index (χ1v) is 6.91. The molecule has 0 atom stereocenters. The normalized spacial score (nSPS) is 17.1. The van der Waals surface area contributed by atoms with Crippen LogP contribution in [0.15, 0.2) is 12.1 Å². The van der Waals surface area contributed by atoms with Gasteiger partial charge in [-0.2, -0.15) is 0 Å². The number of aromatic nitrogens is 1. The summed E-state index contributed by atoms with van der Waals surface area (Å²) in [5, 5.41) is 3.44. The van der Waals surface area contributed by atoms with E-state index in [1.165, 1.54) is 31.4 Å². The smallest absolute Gasteiger partial charge is 0.251 e. The van der Waals surface area contributed by atoms with Crippen molar-refractivity contribution in [1.82, 2.24) is 10.3 Å². The van der Waals surface area contributed by atoms with Crippen LogP contribution in [0.1, 0.15) is 43.0 Å². The summed E-state index contributed by atoms with van der Waals surface area (Å²) in [6.07, 6.45) is 4.75. The van der Waals surface area contributed by atoms with Gasteiger partial charge < -0.3 is 5.32 Å². The number of hydrogen-bond acceptors (Lipinski definition) is 2. The topological polar surface area (TPSA) is 42.0 Å². The molecule has 1 amide bonds. The van der Waals surface area contributed by atoms with E-state index in [1.807, 2.05) is 0 Å². The predicted molar refractivity (Wildman–Crippen MR) is 73.2 cm³/mol. The van der Waals surface area contributed by atoms with E-state index in [4.69, 9.17) is 23.2 Å². The molecule has 1 N–H and O–H groups in total. The van der Waals surface area contributed by atoms with E-state index in [9.17, 15) is 4.79 Å². The van der Waals surface area contributed by atoms with E-state index in [0.717, 1.165) is 13.0 Å². The van der Waals surface area contributed by atoms with Crippen molar-refractivity contribution in [3.63, 3.8) is 0 Å². The summed E-state index contributed by atoms with van der Waals surface area (Å²) < 4.78 is 0. The van der Waals surface area contributed by atoms with Crippen molar-refractivity contribution in [2.75, 3.05) is 6.54 Å². The van der Waals surface area contributed by atoms with Crippen molar-refractivity contribution < 1.29 is 4.79 Å². The van der Waals surface area contributed by atoms with E-state index in [1.54, 1.807) is 0 Å². The summed E-state index contributed by atoms with van der Waals surface area (Å²) >= 11 is 11.5. The van der Waals surface area contributed by atoms with E-state index in [-0.39, 0.29) is 16.2 Å². The van der Waals surface area contributed by atoms with Gasteiger partial charge in [-0.1, -0.05) is 36.5 Å². The van der Waals surface area contributed by atoms with Crippen molar-refractivity contribution in [2.45, 2.75) is 32.6 Å². The van der Waals surface area contributed by atoms with Gasteiger partial charge >= 0.3 is 0 Å². The van der Waals surface area contributed by atoms with Gasteiger partial charge in [0, 0.05) is 12.1 Å². The number of hydrogen-bond donors (Lipinski definition) is 1. The fourth-order valence-electron chi connectivity index (χ4n) is 2.30. The van der Waals surface area contributed by atoms with Crippen molar-refractivity contribution in [3.05, 3.63) is 28.0 Å². The molecule has 0 bridgehead atoms. The average molecular weight is 287 g/mol. The fraction of sp³-hybridized carbons (Fsp3) is 0.538. The van der Waals surface area contributed by atoms with Gasteiger partial charge in [-0.15, -0.1) is 0 Å². The van der Waals surface area contributed by atoms with Crippen molar-refractivity contribution >= 4 is 29.1 Å². The molecule has 2 rings (SSSR count). The number of carbonyl (C=O) groups excluding carboxylic acids is 1. The number of halogens is 2. The van der Waals surface area contributed by atoms with E-state index < -0.39 is 0 Å². The molecule has 0 aliphatic heterocycles. The Labute approximate surface area is 117 Å². The summed E-state index contributed by atoms with van der Waals surface area (Å²) in [4.78, 5) is 15.8. The number of nitrogens with one attached hydrogen (secondary N) is 1. The van der Waals surface area contributed by atoms with Crippen LogP contribution in [0, 0.1) is 5.41 Å². The fourth-order valence-corrected chi connectivity index (χ4v) is 2.76. The van der Waals surface area contributed by atoms with E-state index in [0.29, 0.717) is 11.0 Å². The van der Waals surface area contributed by atoms with Crippen molar-refractivity contribution in [3.8, 4) is 0 Å². The standard InChI is InChI=1S/C13H16Cl2N2O/c1-2-13(4-3-5-13)8-16-12(18)9-6-10(14)17-11(15)7-9/h6-7H,2-5,8H2,1H3,(H,16,18). The zero-order valence-corrected chi connectivity index (χ0v) is 11.8. The van der Waals surface area contributed by atoms with Crippen LogP contribution in [0.2, 0.25) is 10.3 Å². The molecule has 0 unspecified atom stereocenters. The minimum absolute atomic E-state index is 0.138. The Balaban J connectivity index is 1.99. The lowest BCUT2D eigenvalue weighted by Crippen LogP contribution is -2.41. The molecule has 1 heterocycles. The number of carbonyl (C=O) groups is 1. The minimum atomic E-state index is -0.138. The third kappa shape index (κ3) is 2.96. The molecule has 0 saturated heterocycles. The van der Waals surface area contributed by atoms with Crippen LogP contribution in [0.5, 0.6) is 0 Å². The first kappa shape index (κ1) is 13.6. The Morgan fingerprint density at radius 3 is 2.44 bits per heavy atom. The molecule has 1 aliphatic rings. The molecule has 0 radical (unpaired) electrons. The Morgan fingerprint density at radius 1 is 1.39 bits per heavy atom. The number of pyridine rings is 1. The molecule has 98 valence electrons. The van der Waals surface area contributed by atoms with E-state index in [2.05, 4.69) is 17.2 Å². The summed E-state index contributed by atoms with van der Waals surface area (Å²) in [7, 11) is 0. The zero-order chi connectivity index (χ0) is 13.2. The van der Waals surface area contributed by atoms with Gasteiger partial charge in [-0.05, 0) is 36.8 Å². The maximum absolute atomic E-state index is 12.0. The Hall–Kier alpha value is -0.800. The van der Waals surface area contributed by atoms with Gasteiger partial charge in [0.15, 0.2) is 0 Å². The molecule has 1 aromatic rings. The second kappa shape index (κ2) is 5.45. The lowest BCUT2D eigenvalue weighted by molar-refractivity contribution is 0.0850. The van der Waals surface area contributed by atoms with Gasteiger partial charge in [0.25, 0.3) is 5.91 Å². The lowest BCUT2D eigenvalue weighted by Gasteiger charge is -2.41. The quantitative estimate of drug-likeness (QED) is 0.858. The van der Waals surface area contributed by atoms with Crippen LogP contribution >= 0.6 is 23.2 Å². The highest BCUT2D eigenvalue weighted by Gasteiger charge is 2.35. The number of nitrogens with zero attached hydrogens (tertiary/aromatic N) is 1. The maximum Gasteiger partial charge on any atom is 0.251 e. The molecule has 3 nitrogen and oxygen atoms in total. The van der Waals surface area contributed by atoms with Crippen LogP contribution in [-0.2, 0) is 0 Å². The molecule has 0 spiro atoms. The second-order valence-corrected chi connectivity index (χ2v) is 5.67. The van der Waals surface area contributed by atoms with Crippen molar-refractivity contribution in [1.29, 1.82) is 0 Å². The molecule has 0 aromatic carbocycles. The van der Waals surface area contributed by atoms with Gasteiger partial charge in [0.2, 0.25) is 0 Å². The average Bonchev–Trinajstić information content (AvgIpc) is 2.26. The van der Waals surface area contributed by atoms with Gasteiger partial charge in [0.05, 0.1) is 0 Å². The van der Waals surface area contributed by atoms with Crippen LogP contribution in [0.3, 0.4) is 0 Å². The van der Waals surface area contributed by atoms with Crippen molar-refractivity contribution in [2.24, 2.45) is 5.41 Å². The largest absolute Gasteiger partial charge is 0.351 e. The number of amides is 1. The van der Waals surface area contributed by atoms with Crippen LogP contribution in [0.25, 0.3) is 0 Å². The molecule has 18 heavy (non-hydrogen) atoms. The molecule has 1 fully saturated rings. The summed E-state index contributed by atoms with van der Waals surface area (Å²) in [6, 6.07) is 3.06. The van der Waals surface area contributed by atoms with Gasteiger partial charge in [0.1, 0.15) is 10.3 Å². The van der Waals surface area contributed by atoms with Crippen LogP contribution < -0.4 is 5.32 Å². The zero-order valence-electron chi connectivity index (χ0n) is 10.3. The highest BCUT2D eigenvalue weighted by molar-refractivity contribution is 6.33. The maximum atomic E-state index is 12.0. The van der Waals surface area contributed by atoms with Crippen LogP contribution in [-0.4, -0.2) is 17.4 Å². The first-order valence-electron chi connectivity index (χ1n) is 6.16. The molecule has 1 aliphatic carbocycles. The van der Waals surface area contributed by atoms with Crippen LogP contribution in [0.4, 0.5) is 0 Å². The predicted octanol–water partition coefficient (Wildman–Crippen LogP) is 3.70. The van der Waals surface area contributed by atoms with Gasteiger partial charge in [-0.3, -0.25) is 4.79 Å². The van der Waals surface area contributed by atoms with Gasteiger partial charge in [-0.25, -0.2) is 4.98 Å². The van der Waals surface area contributed by atoms with E-state index >= 15 is 0 Å². The second-order valence-electron chi connectivity index (χ2n) is 4.89. The molecule has 5 heteroatoms. The SMILES string of the molecule is CCC1(CNC(=O)c2cc(Cl)nc(Cl)c2)CCC1.